The minimum Gasteiger partial charge on any atom is -0.497 e. The SMILES string of the molecule is COc1ccc(-n2c(COc3ccccc3)nnc2SCC(=O)Nc2ccc(C)c(F)c2)cc1. The highest BCUT2D eigenvalue weighted by Gasteiger charge is 2.17. The van der Waals surface area contributed by atoms with Crippen molar-refractivity contribution in [3.05, 3.63) is 90.0 Å². The standard InChI is InChI=1S/C25H23FN4O3S/c1-17-8-9-18(14-22(17)26)27-24(31)16-34-25-29-28-23(15-33-21-6-4-3-5-7-21)30(25)19-10-12-20(32-2)13-11-19/h3-14H,15-16H2,1-2H3,(H,27,31). The second kappa shape index (κ2) is 10.8. The topological polar surface area (TPSA) is 78.3 Å². The van der Waals surface area contributed by atoms with Crippen LogP contribution in [0.2, 0.25) is 0 Å². The van der Waals surface area contributed by atoms with Gasteiger partial charge in [-0.05, 0) is 61.0 Å². The number of methoxy groups -OCH3 is 1. The summed E-state index contributed by atoms with van der Waals surface area (Å²) in [6.45, 7) is 1.86. The fraction of sp³-hybridized carbons (Fsp3) is 0.160. The van der Waals surface area contributed by atoms with E-state index in [1.807, 2.05) is 59.2 Å². The number of amides is 1. The van der Waals surface area contributed by atoms with Crippen LogP contribution in [0.15, 0.2) is 78.0 Å². The van der Waals surface area contributed by atoms with Gasteiger partial charge in [0, 0.05) is 11.4 Å². The molecule has 0 bridgehead atoms. The van der Waals surface area contributed by atoms with Gasteiger partial charge in [0.15, 0.2) is 11.0 Å². The normalized spacial score (nSPS) is 10.7. The van der Waals surface area contributed by atoms with Gasteiger partial charge in [-0.2, -0.15) is 0 Å². The Kier molecular flexibility index (Phi) is 7.44. The molecular formula is C25H23FN4O3S. The lowest BCUT2D eigenvalue weighted by molar-refractivity contribution is -0.113. The minimum absolute atomic E-state index is 0.0727. The molecule has 3 aromatic carbocycles. The molecule has 0 saturated carbocycles. The molecule has 0 aliphatic carbocycles. The predicted molar refractivity (Wildman–Crippen MR) is 129 cm³/mol. The van der Waals surface area contributed by atoms with Crippen molar-refractivity contribution in [1.82, 2.24) is 14.8 Å². The second-order valence-corrected chi connectivity index (χ2v) is 8.28. The Labute approximate surface area is 200 Å². The molecule has 0 unspecified atom stereocenters. The largest absolute Gasteiger partial charge is 0.497 e. The van der Waals surface area contributed by atoms with E-state index in [1.165, 1.54) is 17.8 Å². The fourth-order valence-corrected chi connectivity index (χ4v) is 3.91. The zero-order chi connectivity index (χ0) is 23.9. The number of benzene rings is 3. The molecule has 1 heterocycles. The monoisotopic (exact) mass is 478 g/mol. The third-order valence-corrected chi connectivity index (χ3v) is 5.86. The van der Waals surface area contributed by atoms with Crippen molar-refractivity contribution in [1.29, 1.82) is 0 Å². The number of thioether (sulfide) groups is 1. The van der Waals surface area contributed by atoms with Crippen LogP contribution >= 0.6 is 11.8 Å². The molecule has 1 N–H and O–H groups in total. The van der Waals surface area contributed by atoms with E-state index >= 15 is 0 Å². The summed E-state index contributed by atoms with van der Waals surface area (Å²) in [5.74, 6) is 1.44. The van der Waals surface area contributed by atoms with E-state index < -0.39 is 0 Å². The van der Waals surface area contributed by atoms with Crippen LogP contribution in [0.1, 0.15) is 11.4 Å². The van der Waals surface area contributed by atoms with Gasteiger partial charge in [-0.1, -0.05) is 36.0 Å². The van der Waals surface area contributed by atoms with Gasteiger partial charge in [-0.15, -0.1) is 10.2 Å². The van der Waals surface area contributed by atoms with E-state index in [4.69, 9.17) is 9.47 Å². The first kappa shape index (κ1) is 23.3. The van der Waals surface area contributed by atoms with Gasteiger partial charge in [0.1, 0.15) is 23.9 Å². The van der Waals surface area contributed by atoms with Crippen molar-refractivity contribution in [2.24, 2.45) is 0 Å². The summed E-state index contributed by atoms with van der Waals surface area (Å²) in [5, 5.41) is 11.8. The fourth-order valence-electron chi connectivity index (χ4n) is 3.14. The van der Waals surface area contributed by atoms with Crippen LogP contribution in [0.5, 0.6) is 11.5 Å². The first-order chi connectivity index (χ1) is 16.5. The lowest BCUT2D eigenvalue weighted by Gasteiger charge is -2.12. The Bertz CT molecular complexity index is 1260. The molecule has 9 heteroatoms. The van der Waals surface area contributed by atoms with Gasteiger partial charge in [-0.3, -0.25) is 9.36 Å². The van der Waals surface area contributed by atoms with Crippen LogP contribution in [0.4, 0.5) is 10.1 Å². The number of nitrogens with one attached hydrogen (secondary N) is 1. The molecule has 4 aromatic rings. The van der Waals surface area contributed by atoms with Crippen LogP contribution in [-0.2, 0) is 11.4 Å². The van der Waals surface area contributed by atoms with Crippen molar-refractivity contribution in [2.75, 3.05) is 18.2 Å². The van der Waals surface area contributed by atoms with Crippen molar-refractivity contribution in [3.63, 3.8) is 0 Å². The van der Waals surface area contributed by atoms with E-state index in [0.29, 0.717) is 28.0 Å². The lowest BCUT2D eigenvalue weighted by atomic mass is 10.2. The highest BCUT2D eigenvalue weighted by Crippen LogP contribution is 2.25. The molecule has 1 amide bonds. The van der Waals surface area contributed by atoms with E-state index in [1.54, 1.807) is 26.2 Å². The van der Waals surface area contributed by atoms with Gasteiger partial charge in [0.05, 0.1) is 12.9 Å². The summed E-state index contributed by atoms with van der Waals surface area (Å²) >= 11 is 1.23. The average Bonchev–Trinajstić information content (AvgIpc) is 3.27. The number of para-hydroxylation sites is 1. The second-order valence-electron chi connectivity index (χ2n) is 7.33. The van der Waals surface area contributed by atoms with Crippen molar-refractivity contribution in [2.45, 2.75) is 18.7 Å². The van der Waals surface area contributed by atoms with Crippen molar-refractivity contribution in [3.8, 4) is 17.2 Å². The van der Waals surface area contributed by atoms with Crippen LogP contribution < -0.4 is 14.8 Å². The summed E-state index contributed by atoms with van der Waals surface area (Å²) in [4.78, 5) is 12.5. The molecule has 0 aliphatic rings. The number of hydrogen-bond acceptors (Lipinski definition) is 6. The highest BCUT2D eigenvalue weighted by atomic mass is 32.2. The number of carbonyl (C=O) groups excluding carboxylic acids is 1. The van der Waals surface area contributed by atoms with E-state index in [9.17, 15) is 9.18 Å². The molecule has 0 fully saturated rings. The summed E-state index contributed by atoms with van der Waals surface area (Å²) in [5.41, 5.74) is 1.73. The molecule has 0 saturated heterocycles. The summed E-state index contributed by atoms with van der Waals surface area (Å²) in [6, 6.07) is 21.5. The third kappa shape index (κ3) is 5.74. The number of hydrogen-bond donors (Lipinski definition) is 1. The summed E-state index contributed by atoms with van der Waals surface area (Å²) < 4.78 is 26.7. The third-order valence-electron chi connectivity index (χ3n) is 4.93. The predicted octanol–water partition coefficient (Wildman–Crippen LogP) is 5.03. The van der Waals surface area contributed by atoms with Gasteiger partial charge < -0.3 is 14.8 Å². The Morgan fingerprint density at radius 2 is 1.79 bits per heavy atom. The molecule has 7 nitrogen and oxygen atoms in total. The van der Waals surface area contributed by atoms with Crippen LogP contribution in [0.25, 0.3) is 5.69 Å². The number of nitrogens with zero attached hydrogens (tertiary/aromatic N) is 3. The number of halogens is 1. The number of carbonyl (C=O) groups is 1. The Morgan fingerprint density at radius 3 is 2.50 bits per heavy atom. The molecule has 0 radical (unpaired) electrons. The number of ether oxygens (including phenoxy) is 2. The molecule has 0 aliphatic heterocycles. The quantitative estimate of drug-likeness (QED) is 0.340. The van der Waals surface area contributed by atoms with Gasteiger partial charge in [0.2, 0.25) is 5.91 Å². The molecule has 0 spiro atoms. The van der Waals surface area contributed by atoms with Gasteiger partial charge in [-0.25, -0.2) is 4.39 Å². The van der Waals surface area contributed by atoms with E-state index in [0.717, 1.165) is 11.4 Å². The zero-order valence-corrected chi connectivity index (χ0v) is 19.5. The molecule has 1 aromatic heterocycles. The number of aryl methyl sites for hydroxylation is 1. The van der Waals surface area contributed by atoms with Gasteiger partial charge in [0.25, 0.3) is 0 Å². The molecule has 174 valence electrons. The number of rotatable bonds is 9. The maximum Gasteiger partial charge on any atom is 0.234 e. The molecule has 0 atom stereocenters. The van der Waals surface area contributed by atoms with Gasteiger partial charge >= 0.3 is 0 Å². The average molecular weight is 479 g/mol. The zero-order valence-electron chi connectivity index (χ0n) is 18.7. The maximum atomic E-state index is 13.8. The van der Waals surface area contributed by atoms with Crippen LogP contribution in [0.3, 0.4) is 0 Å². The Balaban J connectivity index is 1.51. The minimum atomic E-state index is -0.368. The van der Waals surface area contributed by atoms with Crippen LogP contribution in [-0.4, -0.2) is 33.5 Å². The number of aromatic nitrogens is 3. The maximum absolute atomic E-state index is 13.8. The molecule has 4 rings (SSSR count). The van der Waals surface area contributed by atoms with E-state index in [-0.39, 0.29) is 24.1 Å². The Hall–Kier alpha value is -3.85. The first-order valence-electron chi connectivity index (χ1n) is 10.5. The summed E-state index contributed by atoms with van der Waals surface area (Å²) in [6.07, 6.45) is 0. The van der Waals surface area contributed by atoms with Crippen molar-refractivity contribution >= 4 is 23.4 Å². The van der Waals surface area contributed by atoms with Crippen LogP contribution in [0, 0.1) is 12.7 Å². The summed E-state index contributed by atoms with van der Waals surface area (Å²) in [7, 11) is 1.60. The number of anilines is 1. The molecular weight excluding hydrogens is 455 g/mol. The van der Waals surface area contributed by atoms with E-state index in [2.05, 4.69) is 15.5 Å². The smallest absolute Gasteiger partial charge is 0.234 e. The highest BCUT2D eigenvalue weighted by molar-refractivity contribution is 7.99. The Morgan fingerprint density at radius 1 is 1.03 bits per heavy atom. The first-order valence-corrected chi connectivity index (χ1v) is 11.5. The lowest BCUT2D eigenvalue weighted by Crippen LogP contribution is -2.15. The molecule has 34 heavy (non-hydrogen) atoms. The van der Waals surface area contributed by atoms with Crippen molar-refractivity contribution < 1.29 is 18.7 Å².